The van der Waals surface area contributed by atoms with Crippen molar-refractivity contribution in [2.75, 3.05) is 11.5 Å². The number of nitrogens with zero attached hydrogens (tertiary/aromatic N) is 1. The molecule has 1 amide bonds. The van der Waals surface area contributed by atoms with Crippen molar-refractivity contribution in [1.29, 1.82) is 0 Å². The Morgan fingerprint density at radius 2 is 2.05 bits per heavy atom. The quantitative estimate of drug-likeness (QED) is 0.916. The van der Waals surface area contributed by atoms with E-state index in [-0.39, 0.29) is 23.5 Å². The highest BCUT2D eigenvalue weighted by molar-refractivity contribution is 7.91. The predicted octanol–water partition coefficient (Wildman–Crippen LogP) is 2.38. The van der Waals surface area contributed by atoms with E-state index in [9.17, 15) is 13.2 Å². The lowest BCUT2D eigenvalue weighted by Crippen LogP contribution is -2.35. The van der Waals surface area contributed by atoms with Crippen LogP contribution in [0.4, 0.5) is 0 Å². The van der Waals surface area contributed by atoms with Gasteiger partial charge in [-0.1, -0.05) is 23.7 Å². The first-order chi connectivity index (χ1) is 10.4. The van der Waals surface area contributed by atoms with Crippen LogP contribution < -0.4 is 5.32 Å². The van der Waals surface area contributed by atoms with Crippen LogP contribution in [0, 0.1) is 0 Å². The number of benzene rings is 1. The van der Waals surface area contributed by atoms with Crippen LogP contribution in [0.5, 0.6) is 0 Å². The van der Waals surface area contributed by atoms with E-state index < -0.39 is 9.84 Å². The van der Waals surface area contributed by atoms with Crippen LogP contribution >= 0.6 is 22.9 Å². The molecule has 2 aromatic rings. The molecule has 1 unspecified atom stereocenters. The summed E-state index contributed by atoms with van der Waals surface area (Å²) >= 11 is 7.20. The van der Waals surface area contributed by atoms with Gasteiger partial charge < -0.3 is 5.32 Å². The van der Waals surface area contributed by atoms with E-state index in [4.69, 9.17) is 11.6 Å². The number of amides is 1. The summed E-state index contributed by atoms with van der Waals surface area (Å²) in [6.45, 7) is 0. The summed E-state index contributed by atoms with van der Waals surface area (Å²) in [5.41, 5.74) is 1.19. The number of nitrogens with one attached hydrogen (secondary N) is 1. The number of hydrogen-bond acceptors (Lipinski definition) is 5. The molecule has 5 nitrogen and oxygen atoms in total. The number of halogens is 1. The molecule has 0 saturated carbocycles. The fourth-order valence-electron chi connectivity index (χ4n) is 2.27. The highest BCUT2D eigenvalue weighted by Crippen LogP contribution is 2.25. The first-order valence-electron chi connectivity index (χ1n) is 6.66. The van der Waals surface area contributed by atoms with Gasteiger partial charge >= 0.3 is 0 Å². The van der Waals surface area contributed by atoms with Crippen molar-refractivity contribution in [2.45, 2.75) is 12.5 Å². The average molecular weight is 357 g/mol. The normalized spacial score (nSPS) is 20.0. The van der Waals surface area contributed by atoms with E-state index in [2.05, 4.69) is 10.3 Å². The largest absolute Gasteiger partial charge is 0.347 e. The average Bonchev–Trinajstić information content (AvgIpc) is 3.06. The number of thiazole rings is 1. The zero-order valence-corrected chi connectivity index (χ0v) is 13.8. The van der Waals surface area contributed by atoms with Crippen molar-refractivity contribution in [3.05, 3.63) is 40.4 Å². The number of carbonyl (C=O) groups excluding carboxylic acids is 1. The third kappa shape index (κ3) is 3.48. The van der Waals surface area contributed by atoms with Crippen molar-refractivity contribution in [2.24, 2.45) is 0 Å². The highest BCUT2D eigenvalue weighted by Gasteiger charge is 2.29. The maximum Gasteiger partial charge on any atom is 0.271 e. The second-order valence-corrected chi connectivity index (χ2v) is 8.64. The van der Waals surface area contributed by atoms with Gasteiger partial charge in [0.2, 0.25) is 0 Å². The zero-order chi connectivity index (χ0) is 15.7. The summed E-state index contributed by atoms with van der Waals surface area (Å²) in [5.74, 6) is -0.198. The van der Waals surface area contributed by atoms with E-state index in [0.29, 0.717) is 17.1 Å². The van der Waals surface area contributed by atoms with Gasteiger partial charge in [-0.2, -0.15) is 0 Å². The molecule has 1 aromatic carbocycles. The summed E-state index contributed by atoms with van der Waals surface area (Å²) in [6.07, 6.45) is 0.461. The van der Waals surface area contributed by atoms with Gasteiger partial charge in [0, 0.05) is 22.0 Å². The third-order valence-corrected chi connectivity index (χ3v) is 6.31. The monoisotopic (exact) mass is 356 g/mol. The van der Waals surface area contributed by atoms with Crippen LogP contribution in [0.15, 0.2) is 29.6 Å². The molecule has 8 heteroatoms. The van der Waals surface area contributed by atoms with E-state index >= 15 is 0 Å². The predicted molar refractivity (Wildman–Crippen MR) is 87.1 cm³/mol. The second kappa shape index (κ2) is 5.98. The second-order valence-electron chi connectivity index (χ2n) is 5.12. The molecule has 0 aliphatic carbocycles. The van der Waals surface area contributed by atoms with Crippen molar-refractivity contribution < 1.29 is 13.2 Å². The van der Waals surface area contributed by atoms with E-state index in [0.717, 1.165) is 10.6 Å². The van der Waals surface area contributed by atoms with Crippen LogP contribution in [0.25, 0.3) is 10.6 Å². The Kier molecular flexibility index (Phi) is 4.20. The highest BCUT2D eigenvalue weighted by atomic mass is 35.5. The Morgan fingerprint density at radius 3 is 2.68 bits per heavy atom. The van der Waals surface area contributed by atoms with Crippen LogP contribution in [-0.4, -0.2) is 36.9 Å². The summed E-state index contributed by atoms with van der Waals surface area (Å²) < 4.78 is 22.8. The molecule has 1 N–H and O–H groups in total. The summed E-state index contributed by atoms with van der Waals surface area (Å²) in [6, 6.07) is 6.89. The Morgan fingerprint density at radius 1 is 1.32 bits per heavy atom. The van der Waals surface area contributed by atoms with Gasteiger partial charge in [-0.25, -0.2) is 13.4 Å². The molecular weight excluding hydrogens is 344 g/mol. The molecule has 1 aliphatic rings. The smallest absolute Gasteiger partial charge is 0.271 e. The van der Waals surface area contributed by atoms with Crippen LogP contribution in [0.3, 0.4) is 0 Å². The zero-order valence-electron chi connectivity index (χ0n) is 11.5. The maximum absolute atomic E-state index is 12.1. The molecule has 3 rings (SSSR count). The minimum atomic E-state index is -3.01. The lowest BCUT2D eigenvalue weighted by Gasteiger charge is -2.08. The van der Waals surface area contributed by atoms with Crippen molar-refractivity contribution in [3.63, 3.8) is 0 Å². The van der Waals surface area contributed by atoms with Gasteiger partial charge in [-0.3, -0.25) is 4.79 Å². The van der Waals surface area contributed by atoms with Gasteiger partial charge in [-0.05, 0) is 18.6 Å². The van der Waals surface area contributed by atoms with Gasteiger partial charge in [0.25, 0.3) is 5.91 Å². The topological polar surface area (TPSA) is 76.1 Å². The standard InChI is InChI=1S/C14H13ClN2O3S2/c15-10-3-1-9(2-4-10)14-17-12(7-21-14)13(18)16-11-5-6-22(19,20)8-11/h1-4,7,11H,5-6,8H2,(H,16,18). The fourth-order valence-corrected chi connectivity index (χ4v) is 4.88. The number of sulfone groups is 1. The Balaban J connectivity index is 1.71. The number of aromatic nitrogens is 1. The Labute approximate surface area is 137 Å². The molecule has 1 atom stereocenters. The maximum atomic E-state index is 12.1. The molecule has 0 spiro atoms. The van der Waals surface area contributed by atoms with Gasteiger partial charge in [0.05, 0.1) is 11.5 Å². The minimum Gasteiger partial charge on any atom is -0.347 e. The van der Waals surface area contributed by atoms with Crippen molar-refractivity contribution >= 4 is 38.7 Å². The Hall–Kier alpha value is -1.44. The molecule has 1 aromatic heterocycles. The third-order valence-electron chi connectivity index (χ3n) is 3.40. The van der Waals surface area contributed by atoms with Crippen LogP contribution in [0.2, 0.25) is 5.02 Å². The van der Waals surface area contributed by atoms with Gasteiger partial charge in [0.15, 0.2) is 9.84 Å². The number of hydrogen-bond donors (Lipinski definition) is 1. The SMILES string of the molecule is O=C(NC1CCS(=O)(=O)C1)c1csc(-c2ccc(Cl)cc2)n1. The van der Waals surface area contributed by atoms with Gasteiger partial charge in [0.1, 0.15) is 10.7 Å². The first kappa shape index (κ1) is 15.5. The van der Waals surface area contributed by atoms with Crippen LogP contribution in [-0.2, 0) is 9.84 Å². The lowest BCUT2D eigenvalue weighted by molar-refractivity contribution is 0.0937. The van der Waals surface area contributed by atoms with E-state index in [1.807, 2.05) is 12.1 Å². The van der Waals surface area contributed by atoms with Gasteiger partial charge in [-0.15, -0.1) is 11.3 Å². The summed E-state index contributed by atoms with van der Waals surface area (Å²) in [5, 5.41) is 5.76. The minimum absolute atomic E-state index is 0.00686. The molecule has 0 radical (unpaired) electrons. The van der Waals surface area contributed by atoms with Crippen molar-refractivity contribution in [3.8, 4) is 10.6 Å². The summed E-state index contributed by atoms with van der Waals surface area (Å²) in [7, 11) is -3.01. The molecular formula is C14H13ClN2O3S2. The first-order valence-corrected chi connectivity index (χ1v) is 9.74. The molecule has 1 saturated heterocycles. The van der Waals surface area contributed by atoms with Crippen LogP contribution in [0.1, 0.15) is 16.9 Å². The number of carbonyl (C=O) groups is 1. The molecule has 22 heavy (non-hydrogen) atoms. The summed E-state index contributed by atoms with van der Waals surface area (Å²) in [4.78, 5) is 16.4. The Bertz CT molecular complexity index is 800. The lowest BCUT2D eigenvalue weighted by atomic mass is 10.2. The fraction of sp³-hybridized carbons (Fsp3) is 0.286. The number of rotatable bonds is 3. The van der Waals surface area contributed by atoms with E-state index in [1.165, 1.54) is 11.3 Å². The molecule has 1 fully saturated rings. The molecule has 0 bridgehead atoms. The molecule has 1 aliphatic heterocycles. The van der Waals surface area contributed by atoms with E-state index in [1.54, 1.807) is 17.5 Å². The molecule has 2 heterocycles. The molecule has 116 valence electrons. The van der Waals surface area contributed by atoms with Crippen molar-refractivity contribution in [1.82, 2.24) is 10.3 Å².